The Labute approximate surface area is 136 Å². The summed E-state index contributed by atoms with van der Waals surface area (Å²) in [5.41, 5.74) is 0.740. The minimum absolute atomic E-state index is 0.420. The highest BCUT2D eigenvalue weighted by Crippen LogP contribution is 2.26. The zero-order valence-electron chi connectivity index (χ0n) is 11.5. The molecule has 0 saturated heterocycles. The maximum atomic E-state index is 5.98. The van der Waals surface area contributed by atoms with Crippen molar-refractivity contribution in [3.8, 4) is 0 Å². The summed E-state index contributed by atoms with van der Waals surface area (Å²) in [6.07, 6.45) is 1.63. The van der Waals surface area contributed by atoms with Gasteiger partial charge < -0.3 is 15.2 Å². The van der Waals surface area contributed by atoms with Gasteiger partial charge in [-0.05, 0) is 31.2 Å². The van der Waals surface area contributed by atoms with Crippen LogP contribution >= 0.6 is 23.2 Å². The molecule has 6 nitrogen and oxygen atoms in total. The van der Waals surface area contributed by atoms with Gasteiger partial charge in [-0.25, -0.2) is 4.98 Å². The summed E-state index contributed by atoms with van der Waals surface area (Å²) in [5, 5.41) is 10.9. The molecule has 22 heavy (non-hydrogen) atoms. The summed E-state index contributed by atoms with van der Waals surface area (Å²) in [6, 6.07) is 8.69. The molecule has 0 aliphatic rings. The zero-order chi connectivity index (χ0) is 15.5. The van der Waals surface area contributed by atoms with Gasteiger partial charge in [0.25, 0.3) is 0 Å². The van der Waals surface area contributed by atoms with E-state index in [0.29, 0.717) is 33.4 Å². The Hall–Kier alpha value is -2.31. The monoisotopic (exact) mass is 335 g/mol. The first-order valence-corrected chi connectivity index (χ1v) is 7.11. The molecule has 0 spiro atoms. The highest BCUT2D eigenvalue weighted by molar-refractivity contribution is 6.42. The van der Waals surface area contributed by atoms with Crippen molar-refractivity contribution in [2.24, 2.45) is 0 Å². The van der Waals surface area contributed by atoms with Crippen LogP contribution in [0.15, 0.2) is 41.1 Å². The Morgan fingerprint density at radius 3 is 2.59 bits per heavy atom. The number of aromatic nitrogens is 3. The molecule has 0 atom stereocenters. The number of hydrogen-bond acceptors (Lipinski definition) is 6. The van der Waals surface area contributed by atoms with E-state index in [-0.39, 0.29) is 0 Å². The third-order valence-corrected chi connectivity index (χ3v) is 3.45. The van der Waals surface area contributed by atoms with Gasteiger partial charge in [0.1, 0.15) is 11.6 Å². The highest BCUT2D eigenvalue weighted by Gasteiger charge is 2.05. The normalized spacial score (nSPS) is 10.5. The molecule has 1 aromatic carbocycles. The van der Waals surface area contributed by atoms with Crippen molar-refractivity contribution in [3.05, 3.63) is 52.3 Å². The highest BCUT2D eigenvalue weighted by atomic mass is 35.5. The summed E-state index contributed by atoms with van der Waals surface area (Å²) in [7, 11) is 0. The van der Waals surface area contributed by atoms with Crippen LogP contribution in [-0.2, 0) is 0 Å². The van der Waals surface area contributed by atoms with Crippen molar-refractivity contribution in [2.75, 3.05) is 10.6 Å². The zero-order valence-corrected chi connectivity index (χ0v) is 13.0. The van der Waals surface area contributed by atoms with Crippen LogP contribution in [0.3, 0.4) is 0 Å². The maximum absolute atomic E-state index is 5.98. The molecule has 3 rings (SSSR count). The summed E-state index contributed by atoms with van der Waals surface area (Å²) in [4.78, 5) is 8.49. The second-order valence-electron chi connectivity index (χ2n) is 4.47. The van der Waals surface area contributed by atoms with Crippen molar-refractivity contribution in [1.29, 1.82) is 0 Å². The van der Waals surface area contributed by atoms with E-state index in [9.17, 15) is 0 Å². The number of anilines is 4. The predicted molar refractivity (Wildman–Crippen MR) is 86.3 cm³/mol. The average Bonchev–Trinajstić information content (AvgIpc) is 2.89. The molecule has 8 heteroatoms. The fourth-order valence-corrected chi connectivity index (χ4v) is 2.05. The molecule has 0 fully saturated rings. The molecule has 0 aliphatic carbocycles. The molecule has 0 aliphatic heterocycles. The summed E-state index contributed by atoms with van der Waals surface area (Å²) in [6.45, 7) is 1.81. The first-order valence-electron chi connectivity index (χ1n) is 6.35. The molecule has 0 saturated carbocycles. The smallest absolute Gasteiger partial charge is 0.229 e. The molecule has 2 heterocycles. The quantitative estimate of drug-likeness (QED) is 0.727. The minimum Gasteiger partial charge on any atom is -0.360 e. The number of benzene rings is 1. The van der Waals surface area contributed by atoms with E-state index in [1.54, 1.807) is 36.5 Å². The second kappa shape index (κ2) is 6.21. The van der Waals surface area contributed by atoms with Gasteiger partial charge in [0.15, 0.2) is 5.82 Å². The SMILES string of the molecule is Cc1cc(Nc2ccnc(Nc3ccc(Cl)c(Cl)c3)n2)no1. The number of aryl methyl sites for hydroxylation is 1. The summed E-state index contributed by atoms with van der Waals surface area (Å²) >= 11 is 11.9. The lowest BCUT2D eigenvalue weighted by Crippen LogP contribution is -2.00. The molecule has 0 amide bonds. The van der Waals surface area contributed by atoms with E-state index in [2.05, 4.69) is 25.8 Å². The van der Waals surface area contributed by atoms with Crippen LogP contribution in [0.5, 0.6) is 0 Å². The fourth-order valence-electron chi connectivity index (χ4n) is 1.75. The van der Waals surface area contributed by atoms with Crippen LogP contribution in [-0.4, -0.2) is 15.1 Å². The number of nitrogens with zero attached hydrogens (tertiary/aromatic N) is 3. The van der Waals surface area contributed by atoms with Gasteiger partial charge >= 0.3 is 0 Å². The predicted octanol–water partition coefficient (Wildman–Crippen LogP) is 4.57. The van der Waals surface area contributed by atoms with Crippen LogP contribution in [0.4, 0.5) is 23.3 Å². The number of nitrogens with one attached hydrogen (secondary N) is 2. The molecular weight excluding hydrogens is 325 g/mol. The van der Waals surface area contributed by atoms with E-state index in [1.807, 2.05) is 6.92 Å². The average molecular weight is 336 g/mol. The van der Waals surface area contributed by atoms with Crippen LogP contribution in [0.1, 0.15) is 5.76 Å². The largest absolute Gasteiger partial charge is 0.360 e. The molecule has 2 aromatic heterocycles. The first kappa shape index (κ1) is 14.6. The van der Waals surface area contributed by atoms with E-state index in [4.69, 9.17) is 27.7 Å². The third-order valence-electron chi connectivity index (χ3n) is 2.72. The lowest BCUT2D eigenvalue weighted by molar-refractivity contribution is 0.400. The van der Waals surface area contributed by atoms with E-state index in [0.717, 1.165) is 5.69 Å². The lowest BCUT2D eigenvalue weighted by Gasteiger charge is -2.07. The van der Waals surface area contributed by atoms with Gasteiger partial charge in [-0.3, -0.25) is 0 Å². The van der Waals surface area contributed by atoms with Crippen molar-refractivity contribution in [3.63, 3.8) is 0 Å². The molecule has 0 radical (unpaired) electrons. The van der Waals surface area contributed by atoms with E-state index in [1.165, 1.54) is 0 Å². The first-order chi connectivity index (χ1) is 10.6. The van der Waals surface area contributed by atoms with Gasteiger partial charge in [-0.2, -0.15) is 4.98 Å². The third kappa shape index (κ3) is 3.47. The maximum Gasteiger partial charge on any atom is 0.229 e. The van der Waals surface area contributed by atoms with E-state index >= 15 is 0 Å². The van der Waals surface area contributed by atoms with Crippen molar-refractivity contribution < 1.29 is 4.52 Å². The standard InChI is InChI=1S/C14H11Cl2N5O/c1-8-6-13(21-22-8)19-12-4-5-17-14(20-12)18-9-2-3-10(15)11(16)7-9/h2-7H,1H3,(H2,17,18,19,20,21). The second-order valence-corrected chi connectivity index (χ2v) is 5.28. The number of hydrogen-bond donors (Lipinski definition) is 2. The molecule has 112 valence electrons. The Kier molecular flexibility index (Phi) is 4.13. The van der Waals surface area contributed by atoms with Crippen molar-refractivity contribution >= 4 is 46.5 Å². The van der Waals surface area contributed by atoms with Crippen LogP contribution < -0.4 is 10.6 Å². The molecule has 0 bridgehead atoms. The van der Waals surface area contributed by atoms with Crippen LogP contribution in [0.25, 0.3) is 0 Å². The van der Waals surface area contributed by atoms with Gasteiger partial charge in [0.2, 0.25) is 5.95 Å². The lowest BCUT2D eigenvalue weighted by atomic mass is 10.3. The van der Waals surface area contributed by atoms with E-state index < -0.39 is 0 Å². The van der Waals surface area contributed by atoms with Gasteiger partial charge in [0.05, 0.1) is 10.0 Å². The Morgan fingerprint density at radius 1 is 1.00 bits per heavy atom. The molecule has 0 unspecified atom stereocenters. The van der Waals surface area contributed by atoms with Crippen molar-refractivity contribution in [2.45, 2.75) is 6.92 Å². The fraction of sp³-hybridized carbons (Fsp3) is 0.0714. The van der Waals surface area contributed by atoms with Gasteiger partial charge in [-0.1, -0.05) is 28.4 Å². The molecule has 3 aromatic rings. The van der Waals surface area contributed by atoms with Crippen LogP contribution in [0, 0.1) is 6.92 Å². The number of halogens is 2. The topological polar surface area (TPSA) is 75.9 Å². The summed E-state index contributed by atoms with van der Waals surface area (Å²) < 4.78 is 4.99. The Morgan fingerprint density at radius 2 is 1.86 bits per heavy atom. The molecular formula is C14H11Cl2N5O. The van der Waals surface area contributed by atoms with Gasteiger partial charge in [0, 0.05) is 18.0 Å². The Bertz CT molecular complexity index is 805. The summed E-state index contributed by atoms with van der Waals surface area (Å²) in [5.74, 6) is 2.30. The molecule has 2 N–H and O–H groups in total. The minimum atomic E-state index is 0.420. The number of rotatable bonds is 4. The van der Waals surface area contributed by atoms with Gasteiger partial charge in [-0.15, -0.1) is 0 Å². The Balaban J connectivity index is 1.77. The van der Waals surface area contributed by atoms with Crippen LogP contribution in [0.2, 0.25) is 10.0 Å². The van der Waals surface area contributed by atoms with Crippen molar-refractivity contribution in [1.82, 2.24) is 15.1 Å².